The highest BCUT2D eigenvalue weighted by Gasteiger charge is 2.30. The van der Waals surface area contributed by atoms with E-state index in [1.54, 1.807) is 0 Å². The van der Waals surface area contributed by atoms with Gasteiger partial charge in [-0.3, -0.25) is 4.90 Å². The van der Waals surface area contributed by atoms with Gasteiger partial charge in [0, 0.05) is 19.1 Å². The summed E-state index contributed by atoms with van der Waals surface area (Å²) in [6.45, 7) is 3.78. The number of hydrogen-bond donors (Lipinski definition) is 2. The highest BCUT2D eigenvalue weighted by atomic mass is 16.3. The lowest BCUT2D eigenvalue weighted by Crippen LogP contribution is -2.32. The second kappa shape index (κ2) is 5.63. The fraction of sp³-hybridized carbons (Fsp3) is 0.571. The molecule has 3 heteroatoms. The Morgan fingerprint density at radius 3 is 2.65 bits per heavy atom. The van der Waals surface area contributed by atoms with Crippen molar-refractivity contribution in [3.05, 3.63) is 35.4 Å². The molecule has 3 nitrogen and oxygen atoms in total. The van der Waals surface area contributed by atoms with Crippen LogP contribution in [0, 0.1) is 0 Å². The summed E-state index contributed by atoms with van der Waals surface area (Å²) in [4.78, 5) is 2.18. The van der Waals surface area contributed by atoms with Crippen LogP contribution >= 0.6 is 0 Å². The molecule has 0 saturated carbocycles. The number of likely N-dealkylation sites (tertiary alicyclic amines) is 1. The van der Waals surface area contributed by atoms with Crippen LogP contribution in [0.4, 0.5) is 0 Å². The molecule has 1 aromatic rings. The lowest BCUT2D eigenvalue weighted by atomic mass is 10.0. The molecule has 94 valence electrons. The number of β-amino-alcohol motifs (C(OH)–C–C–N with tert-alkyl or cyclic N) is 1. The lowest BCUT2D eigenvalue weighted by Gasteiger charge is -2.23. The minimum absolute atomic E-state index is 0.106. The summed E-state index contributed by atoms with van der Waals surface area (Å²) in [6.07, 6.45) is 1.42. The summed E-state index contributed by atoms with van der Waals surface area (Å²) in [7, 11) is 0. The van der Waals surface area contributed by atoms with Crippen LogP contribution in [0.15, 0.2) is 24.3 Å². The van der Waals surface area contributed by atoms with Crippen molar-refractivity contribution in [2.75, 3.05) is 13.2 Å². The minimum Gasteiger partial charge on any atom is -0.395 e. The van der Waals surface area contributed by atoms with Gasteiger partial charge in [0.25, 0.3) is 0 Å². The van der Waals surface area contributed by atoms with Crippen molar-refractivity contribution in [1.29, 1.82) is 0 Å². The topological polar surface area (TPSA) is 43.7 Å². The number of aryl methyl sites for hydroxylation is 1. The van der Waals surface area contributed by atoms with Gasteiger partial charge in [0.2, 0.25) is 0 Å². The van der Waals surface area contributed by atoms with Gasteiger partial charge < -0.3 is 10.2 Å². The molecule has 17 heavy (non-hydrogen) atoms. The third kappa shape index (κ3) is 2.86. The van der Waals surface area contributed by atoms with Crippen molar-refractivity contribution in [3.63, 3.8) is 0 Å². The molecule has 2 rings (SSSR count). The van der Waals surface area contributed by atoms with Gasteiger partial charge in [0.1, 0.15) is 0 Å². The predicted molar refractivity (Wildman–Crippen MR) is 67.7 cm³/mol. The SMILES string of the molecule is CCc1ccccc1CN1CC(O)CC1CO. The lowest BCUT2D eigenvalue weighted by molar-refractivity contribution is 0.149. The number of benzene rings is 1. The second-order valence-electron chi connectivity index (χ2n) is 4.78. The summed E-state index contributed by atoms with van der Waals surface area (Å²) in [6, 6.07) is 8.50. The Hall–Kier alpha value is -0.900. The first-order valence-electron chi connectivity index (χ1n) is 6.34. The smallest absolute Gasteiger partial charge is 0.0683 e. The van der Waals surface area contributed by atoms with Gasteiger partial charge in [-0.2, -0.15) is 0 Å². The molecule has 0 aliphatic carbocycles. The highest BCUT2D eigenvalue weighted by molar-refractivity contribution is 5.27. The first-order chi connectivity index (χ1) is 8.24. The zero-order valence-electron chi connectivity index (χ0n) is 10.3. The zero-order chi connectivity index (χ0) is 12.3. The van der Waals surface area contributed by atoms with Crippen molar-refractivity contribution in [2.24, 2.45) is 0 Å². The molecule has 0 amide bonds. The molecular weight excluding hydrogens is 214 g/mol. The van der Waals surface area contributed by atoms with E-state index in [0.717, 1.165) is 13.0 Å². The minimum atomic E-state index is -0.291. The Kier molecular flexibility index (Phi) is 4.15. The molecule has 1 aliphatic heterocycles. The van der Waals surface area contributed by atoms with E-state index < -0.39 is 0 Å². The number of rotatable bonds is 4. The van der Waals surface area contributed by atoms with Gasteiger partial charge in [0.15, 0.2) is 0 Å². The number of aliphatic hydroxyl groups excluding tert-OH is 2. The fourth-order valence-electron chi connectivity index (χ4n) is 2.62. The third-order valence-electron chi connectivity index (χ3n) is 3.59. The Morgan fingerprint density at radius 2 is 2.00 bits per heavy atom. The molecule has 1 heterocycles. The van der Waals surface area contributed by atoms with Crippen LogP contribution in [0.1, 0.15) is 24.5 Å². The number of hydrogen-bond acceptors (Lipinski definition) is 3. The van der Waals surface area contributed by atoms with E-state index in [1.807, 2.05) is 0 Å². The van der Waals surface area contributed by atoms with Crippen molar-refractivity contribution < 1.29 is 10.2 Å². The summed E-state index contributed by atoms with van der Waals surface area (Å²) in [5.41, 5.74) is 2.66. The first-order valence-corrected chi connectivity index (χ1v) is 6.34. The van der Waals surface area contributed by atoms with Crippen LogP contribution in [-0.4, -0.2) is 40.4 Å². The van der Waals surface area contributed by atoms with E-state index in [4.69, 9.17) is 0 Å². The maximum atomic E-state index is 9.65. The van der Waals surface area contributed by atoms with E-state index in [9.17, 15) is 10.2 Å². The summed E-state index contributed by atoms with van der Waals surface area (Å²) < 4.78 is 0. The van der Waals surface area contributed by atoms with Crippen molar-refractivity contribution in [1.82, 2.24) is 4.90 Å². The molecule has 2 N–H and O–H groups in total. The van der Waals surface area contributed by atoms with Crippen molar-refractivity contribution in [2.45, 2.75) is 38.5 Å². The van der Waals surface area contributed by atoms with E-state index in [0.29, 0.717) is 13.0 Å². The average Bonchev–Trinajstić information content (AvgIpc) is 2.70. The highest BCUT2D eigenvalue weighted by Crippen LogP contribution is 2.21. The predicted octanol–water partition coefficient (Wildman–Crippen LogP) is 1.18. The normalized spacial score (nSPS) is 25.4. The van der Waals surface area contributed by atoms with Gasteiger partial charge in [-0.25, -0.2) is 0 Å². The van der Waals surface area contributed by atoms with Gasteiger partial charge in [-0.1, -0.05) is 31.2 Å². The average molecular weight is 235 g/mol. The van der Waals surface area contributed by atoms with Crippen molar-refractivity contribution in [3.8, 4) is 0 Å². The molecule has 2 atom stereocenters. The quantitative estimate of drug-likeness (QED) is 0.823. The van der Waals surface area contributed by atoms with Crippen LogP contribution in [0.5, 0.6) is 0 Å². The van der Waals surface area contributed by atoms with E-state index in [-0.39, 0.29) is 18.8 Å². The van der Waals surface area contributed by atoms with Crippen LogP contribution < -0.4 is 0 Å². The largest absolute Gasteiger partial charge is 0.395 e. The third-order valence-corrected chi connectivity index (χ3v) is 3.59. The standard InChI is InChI=1S/C14H21NO2/c1-2-11-5-3-4-6-12(11)8-15-9-14(17)7-13(15)10-16/h3-6,13-14,16-17H,2,7-10H2,1H3. The second-order valence-corrected chi connectivity index (χ2v) is 4.78. The molecule has 0 radical (unpaired) electrons. The van der Waals surface area contributed by atoms with Crippen LogP contribution in [0.2, 0.25) is 0 Å². The molecule has 1 fully saturated rings. The van der Waals surface area contributed by atoms with Crippen molar-refractivity contribution >= 4 is 0 Å². The molecule has 1 saturated heterocycles. The Labute approximate surface area is 103 Å². The van der Waals surface area contributed by atoms with Gasteiger partial charge in [-0.05, 0) is 24.0 Å². The molecule has 1 aliphatic rings. The van der Waals surface area contributed by atoms with E-state index in [2.05, 4.69) is 36.1 Å². The fourth-order valence-corrected chi connectivity index (χ4v) is 2.62. The number of aliphatic hydroxyl groups is 2. The van der Waals surface area contributed by atoms with Gasteiger partial charge >= 0.3 is 0 Å². The zero-order valence-corrected chi connectivity index (χ0v) is 10.3. The van der Waals surface area contributed by atoms with Gasteiger partial charge in [0.05, 0.1) is 12.7 Å². The molecule has 0 bridgehead atoms. The maximum absolute atomic E-state index is 9.65. The molecule has 1 aromatic carbocycles. The molecule has 0 spiro atoms. The van der Waals surface area contributed by atoms with E-state index in [1.165, 1.54) is 11.1 Å². The molecular formula is C14H21NO2. The van der Waals surface area contributed by atoms with Gasteiger partial charge in [-0.15, -0.1) is 0 Å². The number of nitrogens with zero attached hydrogens (tertiary/aromatic N) is 1. The Morgan fingerprint density at radius 1 is 1.29 bits per heavy atom. The van der Waals surface area contributed by atoms with Crippen LogP contribution in [-0.2, 0) is 13.0 Å². The van der Waals surface area contributed by atoms with Crippen LogP contribution in [0.25, 0.3) is 0 Å². The molecule has 2 unspecified atom stereocenters. The Balaban J connectivity index is 2.09. The Bertz CT molecular complexity index is 367. The first kappa shape index (κ1) is 12.6. The monoisotopic (exact) mass is 235 g/mol. The van der Waals surface area contributed by atoms with E-state index >= 15 is 0 Å². The maximum Gasteiger partial charge on any atom is 0.0683 e. The molecule has 0 aromatic heterocycles. The summed E-state index contributed by atoms with van der Waals surface area (Å²) >= 11 is 0. The van der Waals surface area contributed by atoms with Crippen LogP contribution in [0.3, 0.4) is 0 Å². The summed E-state index contributed by atoms with van der Waals surface area (Å²) in [5, 5.41) is 19.0. The summed E-state index contributed by atoms with van der Waals surface area (Å²) in [5.74, 6) is 0.